The zero-order chi connectivity index (χ0) is 21.5. The van der Waals surface area contributed by atoms with E-state index in [-0.39, 0.29) is 11.8 Å². The summed E-state index contributed by atoms with van der Waals surface area (Å²) in [7, 11) is 3.14. The second kappa shape index (κ2) is 10.3. The fourth-order valence-electron chi connectivity index (χ4n) is 3.75. The van der Waals surface area contributed by atoms with Crippen LogP contribution in [0.4, 0.5) is 5.69 Å². The van der Waals surface area contributed by atoms with Crippen molar-refractivity contribution in [3.05, 3.63) is 53.1 Å². The van der Waals surface area contributed by atoms with E-state index in [0.29, 0.717) is 46.7 Å². The van der Waals surface area contributed by atoms with Crippen LogP contribution in [0, 0.1) is 5.92 Å². The lowest BCUT2D eigenvalue weighted by Crippen LogP contribution is -2.40. The van der Waals surface area contributed by atoms with E-state index in [0.717, 1.165) is 25.8 Å². The van der Waals surface area contributed by atoms with E-state index in [1.807, 2.05) is 17.0 Å². The number of piperidine rings is 1. The number of hydrogen-bond donors (Lipinski definition) is 1. The predicted octanol–water partition coefficient (Wildman–Crippen LogP) is 4.63. The third-order valence-corrected chi connectivity index (χ3v) is 5.57. The van der Waals surface area contributed by atoms with Gasteiger partial charge in [0.05, 0.1) is 19.9 Å². The Kier molecular flexibility index (Phi) is 7.57. The van der Waals surface area contributed by atoms with Gasteiger partial charge in [0.25, 0.3) is 5.91 Å². The fraction of sp³-hybridized carbons (Fsp3) is 0.391. The molecular formula is C23H27ClN2O4. The van der Waals surface area contributed by atoms with Crippen molar-refractivity contribution in [3.63, 3.8) is 0 Å². The molecule has 1 atom stereocenters. The molecular weight excluding hydrogens is 404 g/mol. The molecule has 0 spiro atoms. The van der Waals surface area contributed by atoms with Gasteiger partial charge in [-0.05, 0) is 61.6 Å². The Hall–Kier alpha value is -2.73. The quantitative estimate of drug-likeness (QED) is 0.695. The maximum absolute atomic E-state index is 12.9. The Labute approximate surface area is 182 Å². The van der Waals surface area contributed by atoms with Gasteiger partial charge < -0.3 is 19.7 Å². The first-order valence-electron chi connectivity index (χ1n) is 10.1. The minimum absolute atomic E-state index is 0.00622. The van der Waals surface area contributed by atoms with E-state index in [4.69, 9.17) is 21.1 Å². The van der Waals surface area contributed by atoms with Crippen LogP contribution in [-0.2, 0) is 4.79 Å². The fourth-order valence-corrected chi connectivity index (χ4v) is 3.92. The van der Waals surface area contributed by atoms with Gasteiger partial charge in [-0.3, -0.25) is 9.59 Å². The van der Waals surface area contributed by atoms with Gasteiger partial charge in [-0.15, -0.1) is 0 Å². The molecule has 1 N–H and O–H groups in total. The summed E-state index contributed by atoms with van der Waals surface area (Å²) in [6, 6.07) is 12.3. The van der Waals surface area contributed by atoms with Crippen LogP contribution in [0.3, 0.4) is 0 Å². The smallest absolute Gasteiger partial charge is 0.253 e. The van der Waals surface area contributed by atoms with Crippen LogP contribution in [-0.4, -0.2) is 44.0 Å². The molecule has 1 fully saturated rings. The van der Waals surface area contributed by atoms with Gasteiger partial charge in [-0.2, -0.15) is 0 Å². The van der Waals surface area contributed by atoms with Crippen LogP contribution in [0.25, 0.3) is 0 Å². The van der Waals surface area contributed by atoms with E-state index in [9.17, 15) is 9.59 Å². The van der Waals surface area contributed by atoms with Crippen LogP contribution in [0.2, 0.25) is 5.02 Å². The van der Waals surface area contributed by atoms with Crippen LogP contribution in [0.15, 0.2) is 42.5 Å². The average Bonchev–Trinajstić information content (AvgIpc) is 2.77. The lowest BCUT2D eigenvalue weighted by atomic mass is 9.92. The van der Waals surface area contributed by atoms with Crippen molar-refractivity contribution in [2.75, 3.05) is 32.6 Å². The Morgan fingerprint density at radius 1 is 1.17 bits per heavy atom. The Morgan fingerprint density at radius 3 is 2.77 bits per heavy atom. The van der Waals surface area contributed by atoms with Crippen molar-refractivity contribution in [1.82, 2.24) is 4.90 Å². The zero-order valence-electron chi connectivity index (χ0n) is 17.3. The molecule has 1 aliphatic heterocycles. The molecule has 0 saturated carbocycles. The van der Waals surface area contributed by atoms with Gasteiger partial charge in [0.2, 0.25) is 5.91 Å². The average molecular weight is 431 g/mol. The summed E-state index contributed by atoms with van der Waals surface area (Å²) < 4.78 is 10.5. The van der Waals surface area contributed by atoms with E-state index < -0.39 is 0 Å². The van der Waals surface area contributed by atoms with Crippen molar-refractivity contribution in [1.29, 1.82) is 0 Å². The molecule has 7 heteroatoms. The number of amides is 2. The molecule has 2 aromatic carbocycles. The van der Waals surface area contributed by atoms with Crippen LogP contribution < -0.4 is 14.8 Å². The van der Waals surface area contributed by atoms with Gasteiger partial charge in [-0.25, -0.2) is 0 Å². The number of nitrogens with one attached hydrogen (secondary N) is 1. The number of carbonyl (C=O) groups excluding carboxylic acids is 2. The number of likely N-dealkylation sites (tertiary alicyclic amines) is 1. The standard InChI is InChI=1S/C23H27ClN2O4/c1-29-19-7-3-6-17(13-19)23(28)26-12-4-5-16(15-26)8-11-22(27)25-20-14-18(24)9-10-21(20)30-2/h3,6-7,9-10,13-14,16H,4-5,8,11-12,15H2,1-2H3,(H,25,27)/t16-/m0/s1. The molecule has 30 heavy (non-hydrogen) atoms. The minimum Gasteiger partial charge on any atom is -0.497 e. The molecule has 0 aliphatic carbocycles. The van der Waals surface area contributed by atoms with Gasteiger partial charge >= 0.3 is 0 Å². The van der Waals surface area contributed by atoms with Gasteiger partial charge in [0.15, 0.2) is 0 Å². The number of nitrogens with zero attached hydrogens (tertiary/aromatic N) is 1. The third-order valence-electron chi connectivity index (χ3n) is 5.34. The van der Waals surface area contributed by atoms with E-state index in [2.05, 4.69) is 5.32 Å². The largest absolute Gasteiger partial charge is 0.497 e. The normalized spacial score (nSPS) is 16.1. The maximum atomic E-state index is 12.9. The first-order valence-corrected chi connectivity index (χ1v) is 10.4. The monoisotopic (exact) mass is 430 g/mol. The highest BCUT2D eigenvalue weighted by Crippen LogP contribution is 2.28. The van der Waals surface area contributed by atoms with Crippen molar-refractivity contribution in [2.45, 2.75) is 25.7 Å². The van der Waals surface area contributed by atoms with Crippen LogP contribution in [0.1, 0.15) is 36.0 Å². The highest BCUT2D eigenvalue weighted by atomic mass is 35.5. The molecule has 2 aromatic rings. The van der Waals surface area contributed by atoms with Gasteiger partial charge in [-0.1, -0.05) is 17.7 Å². The molecule has 6 nitrogen and oxygen atoms in total. The van der Waals surface area contributed by atoms with Crippen LogP contribution in [0.5, 0.6) is 11.5 Å². The number of halogens is 1. The molecule has 160 valence electrons. The van der Waals surface area contributed by atoms with Crippen molar-refractivity contribution >= 4 is 29.1 Å². The van der Waals surface area contributed by atoms with Crippen molar-refractivity contribution in [2.24, 2.45) is 5.92 Å². The van der Waals surface area contributed by atoms with Gasteiger partial charge in [0, 0.05) is 30.1 Å². The summed E-state index contributed by atoms with van der Waals surface area (Å²) in [4.78, 5) is 27.2. The summed E-state index contributed by atoms with van der Waals surface area (Å²) >= 11 is 6.02. The second-order valence-corrected chi connectivity index (χ2v) is 7.86. The first-order chi connectivity index (χ1) is 14.5. The Balaban J connectivity index is 1.54. The molecule has 2 amide bonds. The van der Waals surface area contributed by atoms with Crippen molar-refractivity contribution in [3.8, 4) is 11.5 Å². The topological polar surface area (TPSA) is 67.9 Å². The van der Waals surface area contributed by atoms with Crippen LogP contribution >= 0.6 is 11.6 Å². The molecule has 0 radical (unpaired) electrons. The summed E-state index contributed by atoms with van der Waals surface area (Å²) in [6.07, 6.45) is 3.04. The molecule has 0 unspecified atom stereocenters. The summed E-state index contributed by atoms with van der Waals surface area (Å²) in [5.41, 5.74) is 1.19. The maximum Gasteiger partial charge on any atom is 0.253 e. The van der Waals surface area contributed by atoms with E-state index in [1.165, 1.54) is 0 Å². The molecule has 3 rings (SSSR count). The lowest BCUT2D eigenvalue weighted by molar-refractivity contribution is -0.116. The molecule has 0 bridgehead atoms. The third kappa shape index (κ3) is 5.66. The highest BCUT2D eigenvalue weighted by Gasteiger charge is 2.25. The van der Waals surface area contributed by atoms with Crippen molar-refractivity contribution < 1.29 is 19.1 Å². The summed E-state index contributed by atoms with van der Waals surface area (Å²) in [6.45, 7) is 1.39. The number of ether oxygens (including phenoxy) is 2. The van der Waals surface area contributed by atoms with E-state index >= 15 is 0 Å². The highest BCUT2D eigenvalue weighted by molar-refractivity contribution is 6.31. The Bertz CT molecular complexity index is 903. The lowest BCUT2D eigenvalue weighted by Gasteiger charge is -2.33. The second-order valence-electron chi connectivity index (χ2n) is 7.42. The van der Waals surface area contributed by atoms with Gasteiger partial charge in [0.1, 0.15) is 11.5 Å². The minimum atomic E-state index is -0.0909. The number of hydrogen-bond acceptors (Lipinski definition) is 4. The Morgan fingerprint density at radius 2 is 2.00 bits per heavy atom. The molecule has 1 heterocycles. The number of methoxy groups -OCH3 is 2. The summed E-state index contributed by atoms with van der Waals surface area (Å²) in [5, 5.41) is 3.40. The number of rotatable bonds is 7. The first kappa shape index (κ1) is 22.0. The SMILES string of the molecule is COc1cccc(C(=O)N2CCC[C@@H](CCC(=O)Nc3cc(Cl)ccc3OC)C2)c1. The number of anilines is 1. The van der Waals surface area contributed by atoms with E-state index in [1.54, 1.807) is 44.6 Å². The molecule has 1 saturated heterocycles. The number of carbonyl (C=O) groups is 2. The predicted molar refractivity (Wildman–Crippen MR) is 117 cm³/mol. The zero-order valence-corrected chi connectivity index (χ0v) is 18.1. The summed E-state index contributed by atoms with van der Waals surface area (Å²) in [5.74, 6) is 1.45. The molecule has 0 aromatic heterocycles. The number of benzene rings is 2. The molecule has 1 aliphatic rings.